The van der Waals surface area contributed by atoms with Crippen molar-refractivity contribution in [3.63, 3.8) is 0 Å². The van der Waals surface area contributed by atoms with E-state index in [0.29, 0.717) is 18.9 Å². The molecule has 46 heavy (non-hydrogen) atoms. The first kappa shape index (κ1) is 34.7. The molecule has 4 rings (SSSR count). The van der Waals surface area contributed by atoms with Crippen molar-refractivity contribution in [2.45, 2.75) is 51.1 Å². The molecule has 0 bridgehead atoms. The van der Waals surface area contributed by atoms with E-state index in [-0.39, 0.29) is 29.5 Å². The molecule has 0 aliphatic carbocycles. The second-order valence-corrected chi connectivity index (χ2v) is 13.6. The van der Waals surface area contributed by atoms with Crippen molar-refractivity contribution in [2.75, 3.05) is 24.0 Å². The third-order valence-electron chi connectivity index (χ3n) is 7.41. The van der Waals surface area contributed by atoms with Crippen molar-refractivity contribution in [3.05, 3.63) is 124 Å². The Morgan fingerprint density at radius 2 is 1.50 bits per heavy atom. The van der Waals surface area contributed by atoms with Crippen molar-refractivity contribution in [1.82, 2.24) is 10.2 Å². The first-order chi connectivity index (χ1) is 22.1. The molecule has 0 heterocycles. The number of carbonyl (C=O) groups is 2. The van der Waals surface area contributed by atoms with Gasteiger partial charge in [0.1, 0.15) is 18.3 Å². The van der Waals surface area contributed by atoms with Gasteiger partial charge in [0.15, 0.2) is 0 Å². The van der Waals surface area contributed by atoms with Crippen LogP contribution in [0.15, 0.2) is 112 Å². The number of para-hydroxylation sites is 2. The molecule has 0 saturated carbocycles. The predicted molar refractivity (Wildman–Crippen MR) is 185 cm³/mol. The highest BCUT2D eigenvalue weighted by Gasteiger charge is 2.35. The molecule has 0 spiro atoms. The number of ether oxygens (including phenoxy) is 1. The lowest BCUT2D eigenvalue weighted by atomic mass is 10.0. The molecule has 0 fully saturated rings. The zero-order valence-electron chi connectivity index (χ0n) is 26.4. The van der Waals surface area contributed by atoms with Crippen molar-refractivity contribution in [1.29, 1.82) is 0 Å². The zero-order chi connectivity index (χ0) is 33.1. The largest absolute Gasteiger partial charge is 0.492 e. The number of hydrogen-bond acceptors (Lipinski definition) is 5. The summed E-state index contributed by atoms with van der Waals surface area (Å²) in [5.41, 5.74) is 2.80. The van der Waals surface area contributed by atoms with Crippen molar-refractivity contribution < 1.29 is 22.7 Å². The number of halogens is 1. The summed E-state index contributed by atoms with van der Waals surface area (Å²) in [6, 6.07) is 29.3. The van der Waals surface area contributed by atoms with Crippen LogP contribution in [0.3, 0.4) is 0 Å². The van der Waals surface area contributed by atoms with Gasteiger partial charge in [-0.1, -0.05) is 95.1 Å². The van der Waals surface area contributed by atoms with Crippen LogP contribution in [0.25, 0.3) is 0 Å². The Kier molecular flexibility index (Phi) is 12.4. The Bertz CT molecular complexity index is 1700. The summed E-state index contributed by atoms with van der Waals surface area (Å²) >= 11 is 3.46. The standard InChI is InChI=1S/C36H40BrN3O5S/c1-4-23-38-36(42)33(24-28-11-7-6-8-12-28)39(25-29-17-19-30(37)20-18-29)35(41)26-40(32-13-9-10-14-34(32)45-5-2)46(43,44)31-21-15-27(3)16-22-31/h6-22,33H,4-5,23-26H2,1-3H3,(H,38,42)/t33-/m0/s1. The number of rotatable bonds is 15. The van der Waals surface area contributed by atoms with Crippen LogP contribution in [-0.2, 0) is 32.6 Å². The minimum absolute atomic E-state index is 0.0400. The lowest BCUT2D eigenvalue weighted by Crippen LogP contribution is -2.53. The van der Waals surface area contributed by atoms with Crippen molar-refractivity contribution >= 4 is 43.5 Å². The minimum Gasteiger partial charge on any atom is -0.492 e. The molecule has 0 aromatic heterocycles. The van der Waals surface area contributed by atoms with E-state index in [2.05, 4.69) is 21.2 Å². The number of nitrogens with zero attached hydrogens (tertiary/aromatic N) is 2. The van der Waals surface area contributed by atoms with E-state index >= 15 is 0 Å². The lowest BCUT2D eigenvalue weighted by Gasteiger charge is -2.34. The minimum atomic E-state index is -4.24. The number of sulfonamides is 1. The number of benzene rings is 4. The highest BCUT2D eigenvalue weighted by Crippen LogP contribution is 2.33. The number of amides is 2. The predicted octanol–water partition coefficient (Wildman–Crippen LogP) is 6.52. The Labute approximate surface area is 280 Å². The number of aryl methyl sites for hydroxylation is 1. The maximum atomic E-state index is 14.6. The fourth-order valence-electron chi connectivity index (χ4n) is 5.00. The third kappa shape index (κ3) is 8.98. The Morgan fingerprint density at radius 3 is 2.15 bits per heavy atom. The van der Waals surface area contributed by atoms with Gasteiger partial charge in [0, 0.05) is 24.0 Å². The number of carbonyl (C=O) groups excluding carboxylic acids is 2. The SMILES string of the molecule is CCCNC(=O)[C@H](Cc1ccccc1)N(Cc1ccc(Br)cc1)C(=O)CN(c1ccccc1OCC)S(=O)(=O)c1ccc(C)cc1. The molecular formula is C36H40BrN3O5S. The third-order valence-corrected chi connectivity index (χ3v) is 9.71. The molecule has 0 saturated heterocycles. The van der Waals surface area contributed by atoms with E-state index in [1.807, 2.05) is 75.4 Å². The number of hydrogen-bond donors (Lipinski definition) is 1. The van der Waals surface area contributed by atoms with E-state index in [9.17, 15) is 18.0 Å². The first-order valence-electron chi connectivity index (χ1n) is 15.3. The molecule has 10 heteroatoms. The van der Waals surface area contributed by atoms with Crippen LogP contribution >= 0.6 is 15.9 Å². The van der Waals surface area contributed by atoms with Crippen LogP contribution < -0.4 is 14.4 Å². The maximum absolute atomic E-state index is 14.6. The summed E-state index contributed by atoms with van der Waals surface area (Å²) in [4.78, 5) is 29.9. The molecule has 1 N–H and O–H groups in total. The summed E-state index contributed by atoms with van der Waals surface area (Å²) in [6.07, 6.45) is 0.972. The van der Waals surface area contributed by atoms with Gasteiger partial charge in [0.05, 0.1) is 17.2 Å². The summed E-state index contributed by atoms with van der Waals surface area (Å²) in [6.45, 7) is 5.93. The van der Waals surface area contributed by atoms with Crippen LogP contribution in [-0.4, -0.2) is 50.9 Å². The van der Waals surface area contributed by atoms with Gasteiger partial charge in [-0.05, 0) is 67.8 Å². The zero-order valence-corrected chi connectivity index (χ0v) is 28.8. The lowest BCUT2D eigenvalue weighted by molar-refractivity contribution is -0.140. The van der Waals surface area contributed by atoms with E-state index < -0.39 is 28.5 Å². The van der Waals surface area contributed by atoms with E-state index in [0.717, 1.165) is 31.9 Å². The van der Waals surface area contributed by atoms with Gasteiger partial charge in [0.2, 0.25) is 11.8 Å². The molecule has 242 valence electrons. The second kappa shape index (κ2) is 16.4. The van der Waals surface area contributed by atoms with E-state index in [1.165, 1.54) is 17.0 Å². The summed E-state index contributed by atoms with van der Waals surface area (Å²) in [5.74, 6) is -0.509. The molecular weight excluding hydrogens is 666 g/mol. The Balaban J connectivity index is 1.82. The second-order valence-electron chi connectivity index (χ2n) is 10.9. The highest BCUT2D eigenvalue weighted by atomic mass is 79.9. The molecule has 2 amide bonds. The molecule has 0 aliphatic heterocycles. The van der Waals surface area contributed by atoms with Gasteiger partial charge in [-0.2, -0.15) is 0 Å². The van der Waals surface area contributed by atoms with Gasteiger partial charge in [0.25, 0.3) is 10.0 Å². The summed E-state index contributed by atoms with van der Waals surface area (Å²) < 4.78 is 36.4. The summed E-state index contributed by atoms with van der Waals surface area (Å²) in [7, 11) is -4.24. The molecule has 8 nitrogen and oxygen atoms in total. The summed E-state index contributed by atoms with van der Waals surface area (Å²) in [5, 5.41) is 2.96. The van der Waals surface area contributed by atoms with Crippen LogP contribution in [0.4, 0.5) is 5.69 Å². The molecule has 0 aliphatic rings. The molecule has 4 aromatic rings. The van der Waals surface area contributed by atoms with Gasteiger partial charge < -0.3 is 15.0 Å². The number of anilines is 1. The molecule has 0 unspecified atom stereocenters. The normalized spacial score (nSPS) is 11.8. The fraction of sp³-hybridized carbons (Fsp3) is 0.278. The topological polar surface area (TPSA) is 96.0 Å². The Morgan fingerprint density at radius 1 is 0.848 bits per heavy atom. The molecule has 4 aromatic carbocycles. The van der Waals surface area contributed by atoms with Crippen molar-refractivity contribution in [2.24, 2.45) is 0 Å². The van der Waals surface area contributed by atoms with Crippen LogP contribution in [0.1, 0.15) is 37.0 Å². The fourth-order valence-corrected chi connectivity index (χ4v) is 6.69. The molecule has 0 radical (unpaired) electrons. The van der Waals surface area contributed by atoms with Gasteiger partial charge in [-0.3, -0.25) is 13.9 Å². The first-order valence-corrected chi connectivity index (χ1v) is 17.5. The molecule has 1 atom stereocenters. The van der Waals surface area contributed by atoms with Gasteiger partial charge >= 0.3 is 0 Å². The highest BCUT2D eigenvalue weighted by molar-refractivity contribution is 9.10. The quantitative estimate of drug-likeness (QED) is 0.152. The van der Waals surface area contributed by atoms with Crippen LogP contribution in [0.2, 0.25) is 0 Å². The van der Waals surface area contributed by atoms with E-state index in [1.54, 1.807) is 36.4 Å². The van der Waals surface area contributed by atoms with Gasteiger partial charge in [-0.25, -0.2) is 8.42 Å². The van der Waals surface area contributed by atoms with Crippen LogP contribution in [0.5, 0.6) is 5.75 Å². The van der Waals surface area contributed by atoms with Gasteiger partial charge in [-0.15, -0.1) is 0 Å². The smallest absolute Gasteiger partial charge is 0.264 e. The average molecular weight is 707 g/mol. The van der Waals surface area contributed by atoms with Crippen molar-refractivity contribution in [3.8, 4) is 5.75 Å². The maximum Gasteiger partial charge on any atom is 0.264 e. The average Bonchev–Trinajstić information content (AvgIpc) is 3.06. The monoisotopic (exact) mass is 705 g/mol. The Hall–Kier alpha value is -4.15. The van der Waals surface area contributed by atoms with Crippen LogP contribution in [0, 0.1) is 6.92 Å². The van der Waals surface area contributed by atoms with E-state index in [4.69, 9.17) is 4.74 Å². The number of nitrogens with one attached hydrogen (secondary N) is 1.